The van der Waals surface area contributed by atoms with Crippen LogP contribution in [0.4, 0.5) is 4.79 Å². The zero-order chi connectivity index (χ0) is 27.3. The molecule has 0 spiro atoms. The van der Waals surface area contributed by atoms with Crippen LogP contribution in [0.1, 0.15) is 49.8 Å². The van der Waals surface area contributed by atoms with E-state index in [-0.39, 0.29) is 17.5 Å². The van der Waals surface area contributed by atoms with E-state index in [9.17, 15) is 9.59 Å². The highest BCUT2D eigenvalue weighted by Gasteiger charge is 2.43. The van der Waals surface area contributed by atoms with Crippen molar-refractivity contribution in [1.29, 1.82) is 0 Å². The van der Waals surface area contributed by atoms with Crippen molar-refractivity contribution < 1.29 is 23.8 Å². The van der Waals surface area contributed by atoms with Crippen LogP contribution in [0, 0.1) is 13.8 Å². The summed E-state index contributed by atoms with van der Waals surface area (Å²) in [6.07, 6.45) is 2.42. The van der Waals surface area contributed by atoms with Crippen molar-refractivity contribution in [3.63, 3.8) is 0 Å². The number of methoxy groups -OCH3 is 1. The second-order valence-electron chi connectivity index (χ2n) is 11.1. The van der Waals surface area contributed by atoms with Gasteiger partial charge in [-0.15, -0.1) is 0 Å². The maximum Gasteiger partial charge on any atom is 0.325 e. The van der Waals surface area contributed by atoms with E-state index in [1.807, 2.05) is 18.2 Å². The topological polar surface area (TPSA) is 80.3 Å². The molecule has 206 valence electrons. The van der Waals surface area contributed by atoms with E-state index >= 15 is 0 Å². The van der Waals surface area contributed by atoms with Crippen LogP contribution in [-0.2, 0) is 16.1 Å². The largest absolute Gasteiger partial charge is 0.494 e. The van der Waals surface area contributed by atoms with Gasteiger partial charge < -0.3 is 19.5 Å². The standard InChI is InChI=1S/C30H41N3O5/c1-22-7-12-26(23(2)19-22)38-21-30(36-5)13-16-32(17-14-30)20-24-8-10-25(11-9-24)37-18-6-15-33-27(34)29(3,4)31-28(33)35/h7-12,19H,6,13-18,20-21H2,1-5H3,(H,31,35). The van der Waals surface area contributed by atoms with Crippen molar-refractivity contribution in [2.45, 2.75) is 64.6 Å². The Labute approximate surface area is 226 Å². The minimum Gasteiger partial charge on any atom is -0.494 e. The van der Waals surface area contributed by atoms with Crippen LogP contribution >= 0.6 is 0 Å². The fourth-order valence-electron chi connectivity index (χ4n) is 5.08. The Morgan fingerprint density at radius 2 is 1.68 bits per heavy atom. The van der Waals surface area contributed by atoms with Crippen molar-refractivity contribution in [3.05, 3.63) is 59.2 Å². The Morgan fingerprint density at radius 1 is 0.974 bits per heavy atom. The summed E-state index contributed by atoms with van der Waals surface area (Å²) in [4.78, 5) is 27.9. The van der Waals surface area contributed by atoms with Gasteiger partial charge in [0.15, 0.2) is 0 Å². The van der Waals surface area contributed by atoms with Crippen LogP contribution in [0.15, 0.2) is 42.5 Å². The number of urea groups is 1. The maximum atomic E-state index is 12.3. The number of carbonyl (C=O) groups excluding carboxylic acids is 2. The average molecular weight is 524 g/mol. The molecule has 0 atom stereocenters. The Hall–Kier alpha value is -3.10. The molecule has 2 fully saturated rings. The molecule has 1 N–H and O–H groups in total. The van der Waals surface area contributed by atoms with Crippen molar-refractivity contribution in [2.24, 2.45) is 0 Å². The molecule has 0 aromatic heterocycles. The molecule has 2 aromatic carbocycles. The number of ether oxygens (including phenoxy) is 3. The molecule has 8 nitrogen and oxygen atoms in total. The summed E-state index contributed by atoms with van der Waals surface area (Å²) in [5.74, 6) is 1.52. The van der Waals surface area contributed by atoms with Crippen LogP contribution in [0.2, 0.25) is 0 Å². The number of piperidine rings is 1. The third kappa shape index (κ3) is 6.66. The summed E-state index contributed by atoms with van der Waals surface area (Å²) >= 11 is 0. The molecule has 0 unspecified atom stereocenters. The summed E-state index contributed by atoms with van der Waals surface area (Å²) in [5, 5.41) is 2.70. The number of hydrogen-bond acceptors (Lipinski definition) is 6. The van der Waals surface area contributed by atoms with E-state index in [1.165, 1.54) is 16.0 Å². The molecule has 3 amide bonds. The predicted octanol–water partition coefficient (Wildman–Crippen LogP) is 4.46. The number of imide groups is 1. The third-order valence-corrected chi connectivity index (χ3v) is 7.59. The van der Waals surface area contributed by atoms with E-state index in [1.54, 1.807) is 21.0 Å². The Balaban J connectivity index is 1.19. The molecule has 2 aliphatic rings. The molecule has 8 heteroatoms. The van der Waals surface area contributed by atoms with Crippen LogP contribution in [0.25, 0.3) is 0 Å². The normalized spacial score (nSPS) is 18.9. The zero-order valence-corrected chi connectivity index (χ0v) is 23.3. The molecule has 2 aromatic rings. The lowest BCUT2D eigenvalue weighted by Crippen LogP contribution is -2.48. The molecule has 2 aliphatic heterocycles. The number of rotatable bonds is 11. The molecule has 38 heavy (non-hydrogen) atoms. The maximum absolute atomic E-state index is 12.3. The Bertz CT molecular complexity index is 1120. The number of nitrogens with zero attached hydrogens (tertiary/aromatic N) is 2. The Kier molecular flexibility index (Phi) is 8.63. The van der Waals surface area contributed by atoms with E-state index < -0.39 is 5.54 Å². The number of carbonyl (C=O) groups is 2. The third-order valence-electron chi connectivity index (χ3n) is 7.59. The number of likely N-dealkylation sites (tertiary alicyclic amines) is 1. The highest BCUT2D eigenvalue weighted by molar-refractivity contribution is 6.06. The van der Waals surface area contributed by atoms with Crippen molar-refractivity contribution in [1.82, 2.24) is 15.1 Å². The first-order chi connectivity index (χ1) is 18.1. The number of nitrogens with one attached hydrogen (secondary N) is 1. The van der Waals surface area contributed by atoms with Crippen LogP contribution < -0.4 is 14.8 Å². The second-order valence-corrected chi connectivity index (χ2v) is 11.1. The molecule has 2 heterocycles. The fourth-order valence-corrected chi connectivity index (χ4v) is 5.08. The van der Waals surface area contributed by atoms with Gasteiger partial charge in [0.2, 0.25) is 0 Å². The molecule has 2 saturated heterocycles. The molecule has 0 saturated carbocycles. The Morgan fingerprint density at radius 3 is 2.29 bits per heavy atom. The minimum absolute atomic E-state index is 0.193. The molecule has 0 radical (unpaired) electrons. The van der Waals surface area contributed by atoms with E-state index in [0.29, 0.717) is 26.2 Å². The molecule has 4 rings (SSSR count). The molecular formula is C30H41N3O5. The first-order valence-electron chi connectivity index (χ1n) is 13.4. The highest BCUT2D eigenvalue weighted by atomic mass is 16.5. The van der Waals surface area contributed by atoms with Gasteiger partial charge in [0, 0.05) is 33.3 Å². The van der Waals surface area contributed by atoms with Crippen molar-refractivity contribution in [2.75, 3.05) is 40.0 Å². The smallest absolute Gasteiger partial charge is 0.325 e. The van der Waals surface area contributed by atoms with Gasteiger partial charge in [-0.25, -0.2) is 4.79 Å². The van der Waals surface area contributed by atoms with Gasteiger partial charge in [-0.2, -0.15) is 0 Å². The quantitative estimate of drug-likeness (QED) is 0.346. The fraction of sp³-hybridized carbons (Fsp3) is 0.533. The van der Waals surface area contributed by atoms with Gasteiger partial charge in [-0.1, -0.05) is 29.8 Å². The summed E-state index contributed by atoms with van der Waals surface area (Å²) in [6, 6.07) is 14.1. The summed E-state index contributed by atoms with van der Waals surface area (Å²) in [7, 11) is 1.79. The minimum atomic E-state index is -0.832. The monoisotopic (exact) mass is 523 g/mol. The van der Waals surface area contributed by atoms with E-state index in [0.717, 1.165) is 49.5 Å². The lowest BCUT2D eigenvalue weighted by atomic mass is 9.91. The number of aryl methyl sites for hydroxylation is 2. The molecule has 0 aliphatic carbocycles. The summed E-state index contributed by atoms with van der Waals surface area (Å²) in [6.45, 7) is 11.7. The van der Waals surface area contributed by atoms with Gasteiger partial charge in [-0.3, -0.25) is 14.6 Å². The number of hydrogen-bond donors (Lipinski definition) is 1. The lowest BCUT2D eigenvalue weighted by molar-refractivity contribution is -0.130. The van der Waals surface area contributed by atoms with E-state index in [2.05, 4.69) is 48.3 Å². The first-order valence-corrected chi connectivity index (χ1v) is 13.4. The average Bonchev–Trinajstić information content (AvgIpc) is 3.09. The molecular weight excluding hydrogens is 482 g/mol. The predicted molar refractivity (Wildman–Crippen MR) is 147 cm³/mol. The number of amides is 3. The zero-order valence-electron chi connectivity index (χ0n) is 23.3. The van der Waals surface area contributed by atoms with Gasteiger partial charge in [0.1, 0.15) is 29.2 Å². The van der Waals surface area contributed by atoms with Crippen LogP contribution in [-0.4, -0.2) is 72.8 Å². The van der Waals surface area contributed by atoms with Crippen molar-refractivity contribution in [3.8, 4) is 11.5 Å². The van der Waals surface area contributed by atoms with Crippen LogP contribution in [0.5, 0.6) is 11.5 Å². The highest BCUT2D eigenvalue weighted by Crippen LogP contribution is 2.29. The van der Waals surface area contributed by atoms with Gasteiger partial charge in [0.05, 0.1) is 6.61 Å². The van der Waals surface area contributed by atoms with E-state index in [4.69, 9.17) is 14.2 Å². The van der Waals surface area contributed by atoms with Gasteiger partial charge in [-0.05, 0) is 76.3 Å². The second kappa shape index (κ2) is 11.7. The SMILES string of the molecule is COC1(COc2ccc(C)cc2C)CCN(Cc2ccc(OCCCN3C(=O)NC(C)(C)C3=O)cc2)CC1. The number of benzene rings is 2. The lowest BCUT2D eigenvalue weighted by Gasteiger charge is -2.40. The summed E-state index contributed by atoms with van der Waals surface area (Å²) in [5.41, 5.74) is 2.53. The molecule has 0 bridgehead atoms. The van der Waals surface area contributed by atoms with Crippen LogP contribution in [0.3, 0.4) is 0 Å². The van der Waals surface area contributed by atoms with Crippen molar-refractivity contribution >= 4 is 11.9 Å². The first kappa shape index (κ1) is 27.9. The van der Waals surface area contributed by atoms with Gasteiger partial charge in [0.25, 0.3) is 5.91 Å². The summed E-state index contributed by atoms with van der Waals surface area (Å²) < 4.78 is 18.0. The van der Waals surface area contributed by atoms with Gasteiger partial charge >= 0.3 is 6.03 Å².